The SMILES string of the molecule is NC(Nc1ncccn1)(C(=O)c1ccccc1)c1c[c]ccc1. The molecule has 3 N–H and O–H groups in total. The van der Waals surface area contributed by atoms with Gasteiger partial charge in [0.05, 0.1) is 0 Å². The van der Waals surface area contributed by atoms with Crippen LogP contribution in [0.1, 0.15) is 15.9 Å². The maximum absolute atomic E-state index is 13.0. The molecule has 0 saturated heterocycles. The molecule has 5 nitrogen and oxygen atoms in total. The summed E-state index contributed by atoms with van der Waals surface area (Å²) in [5.41, 5.74) is 6.07. The summed E-state index contributed by atoms with van der Waals surface area (Å²) in [6, 6.07) is 20.5. The van der Waals surface area contributed by atoms with Gasteiger partial charge in [-0.2, -0.15) is 0 Å². The van der Waals surface area contributed by atoms with Crippen LogP contribution >= 0.6 is 0 Å². The van der Waals surface area contributed by atoms with Crippen molar-refractivity contribution in [1.82, 2.24) is 9.97 Å². The van der Waals surface area contributed by atoms with Gasteiger partial charge in [-0.05, 0) is 18.2 Å². The van der Waals surface area contributed by atoms with Gasteiger partial charge in [0, 0.05) is 23.5 Å². The van der Waals surface area contributed by atoms with Crippen LogP contribution in [0.3, 0.4) is 0 Å². The fourth-order valence-corrected chi connectivity index (χ4v) is 2.26. The van der Waals surface area contributed by atoms with Crippen molar-refractivity contribution in [3.8, 4) is 0 Å². The second-order valence-corrected chi connectivity index (χ2v) is 4.99. The highest BCUT2D eigenvalue weighted by Crippen LogP contribution is 2.24. The minimum absolute atomic E-state index is 0.273. The lowest BCUT2D eigenvalue weighted by molar-refractivity contribution is 0.0906. The summed E-state index contributed by atoms with van der Waals surface area (Å²) in [5.74, 6) is 0.00767. The van der Waals surface area contributed by atoms with E-state index in [4.69, 9.17) is 5.73 Å². The second-order valence-electron chi connectivity index (χ2n) is 4.99. The molecule has 0 aliphatic rings. The Bertz CT molecular complexity index is 778. The van der Waals surface area contributed by atoms with Gasteiger partial charge in [-0.15, -0.1) is 0 Å². The third-order valence-corrected chi connectivity index (χ3v) is 3.43. The molecule has 5 heteroatoms. The highest BCUT2D eigenvalue weighted by molar-refractivity contribution is 6.04. The van der Waals surface area contributed by atoms with Crippen molar-refractivity contribution >= 4 is 11.7 Å². The first-order valence-electron chi connectivity index (χ1n) is 7.11. The first kappa shape index (κ1) is 14.9. The number of rotatable bonds is 5. The summed E-state index contributed by atoms with van der Waals surface area (Å²) in [5, 5.41) is 2.96. The maximum atomic E-state index is 13.0. The molecule has 113 valence electrons. The first-order chi connectivity index (χ1) is 11.2. The van der Waals surface area contributed by atoms with E-state index >= 15 is 0 Å². The molecule has 0 aliphatic carbocycles. The van der Waals surface area contributed by atoms with Crippen LogP contribution in [-0.4, -0.2) is 15.8 Å². The number of nitrogens with one attached hydrogen (secondary N) is 1. The number of nitrogens with two attached hydrogens (primary N) is 1. The summed E-state index contributed by atoms with van der Waals surface area (Å²) >= 11 is 0. The van der Waals surface area contributed by atoms with E-state index in [0.717, 1.165) is 0 Å². The number of carbonyl (C=O) groups excluding carboxylic acids is 1. The number of Topliss-reactive ketones (excluding diaryl/α,β-unsaturated/α-hetero) is 1. The summed E-state index contributed by atoms with van der Waals surface area (Å²) in [6.45, 7) is 0. The van der Waals surface area contributed by atoms with E-state index in [-0.39, 0.29) is 11.7 Å². The van der Waals surface area contributed by atoms with Gasteiger partial charge in [-0.3, -0.25) is 10.5 Å². The van der Waals surface area contributed by atoms with E-state index in [9.17, 15) is 4.79 Å². The molecule has 0 spiro atoms. The Balaban J connectivity index is 2.05. The first-order valence-corrected chi connectivity index (χ1v) is 7.11. The standard InChI is InChI=1S/C18H15N4O/c19-18(15-10-5-2-6-11-15,22-17-20-12-7-13-21-17)16(23)14-8-3-1-4-9-14/h1-5,7-13H,19H2,(H,20,21,22). The minimum atomic E-state index is -1.49. The molecule has 1 radical (unpaired) electrons. The van der Waals surface area contributed by atoms with Crippen LogP contribution in [0.5, 0.6) is 0 Å². The Morgan fingerprint density at radius 3 is 2.43 bits per heavy atom. The normalized spacial score (nSPS) is 13.1. The van der Waals surface area contributed by atoms with Crippen molar-refractivity contribution in [2.45, 2.75) is 5.66 Å². The molecular weight excluding hydrogens is 288 g/mol. The van der Waals surface area contributed by atoms with Crippen LogP contribution in [0.15, 0.2) is 73.1 Å². The zero-order chi connectivity index (χ0) is 16.1. The average molecular weight is 303 g/mol. The predicted molar refractivity (Wildman–Crippen MR) is 87.6 cm³/mol. The number of carbonyl (C=O) groups is 1. The molecule has 3 aromatic rings. The molecule has 2 aromatic carbocycles. The molecule has 1 atom stereocenters. The molecule has 1 aromatic heterocycles. The average Bonchev–Trinajstić information content (AvgIpc) is 2.63. The summed E-state index contributed by atoms with van der Waals surface area (Å²) in [4.78, 5) is 21.2. The lowest BCUT2D eigenvalue weighted by atomic mass is 9.91. The minimum Gasteiger partial charge on any atom is -0.326 e. The molecule has 0 saturated carbocycles. The number of aromatic nitrogens is 2. The van der Waals surface area contributed by atoms with Crippen molar-refractivity contribution < 1.29 is 4.79 Å². The molecule has 0 amide bonds. The van der Waals surface area contributed by atoms with E-state index in [1.807, 2.05) is 6.07 Å². The smallest absolute Gasteiger partial charge is 0.224 e. The fourth-order valence-electron chi connectivity index (χ4n) is 2.26. The van der Waals surface area contributed by atoms with Crippen LogP contribution in [0, 0.1) is 6.07 Å². The molecule has 1 heterocycles. The maximum Gasteiger partial charge on any atom is 0.224 e. The van der Waals surface area contributed by atoms with Crippen LogP contribution in [0.25, 0.3) is 0 Å². The molecule has 0 fully saturated rings. The van der Waals surface area contributed by atoms with Crippen LogP contribution < -0.4 is 11.1 Å². The zero-order valence-electron chi connectivity index (χ0n) is 12.3. The summed E-state index contributed by atoms with van der Waals surface area (Å²) < 4.78 is 0. The van der Waals surface area contributed by atoms with Crippen LogP contribution in [0.2, 0.25) is 0 Å². The topological polar surface area (TPSA) is 80.9 Å². The van der Waals surface area contributed by atoms with Crippen LogP contribution in [0.4, 0.5) is 5.95 Å². The number of hydrogen-bond acceptors (Lipinski definition) is 5. The highest BCUT2D eigenvalue weighted by atomic mass is 16.1. The van der Waals surface area contributed by atoms with Crippen molar-refractivity contribution in [2.75, 3.05) is 5.32 Å². The zero-order valence-corrected chi connectivity index (χ0v) is 12.3. The van der Waals surface area contributed by atoms with Gasteiger partial charge in [-0.25, -0.2) is 9.97 Å². The van der Waals surface area contributed by atoms with E-state index < -0.39 is 5.66 Å². The monoisotopic (exact) mass is 303 g/mol. The van der Waals surface area contributed by atoms with Gasteiger partial charge >= 0.3 is 0 Å². The molecule has 23 heavy (non-hydrogen) atoms. The van der Waals surface area contributed by atoms with Gasteiger partial charge in [0.25, 0.3) is 0 Å². The predicted octanol–water partition coefficient (Wildman–Crippen LogP) is 2.38. The molecule has 0 aliphatic heterocycles. The van der Waals surface area contributed by atoms with Gasteiger partial charge in [0.15, 0.2) is 5.66 Å². The number of hydrogen-bond donors (Lipinski definition) is 2. The largest absolute Gasteiger partial charge is 0.326 e. The van der Waals surface area contributed by atoms with Gasteiger partial charge in [0.1, 0.15) is 0 Å². The Kier molecular flexibility index (Phi) is 4.12. The van der Waals surface area contributed by atoms with Gasteiger partial charge in [-0.1, -0.05) is 48.5 Å². The number of anilines is 1. The van der Waals surface area contributed by atoms with Crippen molar-refractivity contribution in [3.63, 3.8) is 0 Å². The van der Waals surface area contributed by atoms with Gasteiger partial charge < -0.3 is 5.32 Å². The quantitative estimate of drug-likeness (QED) is 0.559. The van der Waals surface area contributed by atoms with Crippen molar-refractivity contribution in [1.29, 1.82) is 0 Å². The van der Waals surface area contributed by atoms with Crippen molar-refractivity contribution in [3.05, 3.63) is 90.3 Å². The lowest BCUT2D eigenvalue weighted by Crippen LogP contribution is -2.52. The number of ketones is 1. The number of nitrogens with zero attached hydrogens (tertiary/aromatic N) is 2. The third-order valence-electron chi connectivity index (χ3n) is 3.43. The molecule has 0 bridgehead atoms. The van der Waals surface area contributed by atoms with E-state index in [0.29, 0.717) is 11.1 Å². The van der Waals surface area contributed by atoms with E-state index in [2.05, 4.69) is 21.4 Å². The molecule has 3 rings (SSSR count). The highest BCUT2D eigenvalue weighted by Gasteiger charge is 2.37. The lowest BCUT2D eigenvalue weighted by Gasteiger charge is -2.29. The third kappa shape index (κ3) is 3.09. The Hall–Kier alpha value is -3.05. The Labute approximate surface area is 134 Å². The fraction of sp³-hybridized carbons (Fsp3) is 0.0556. The van der Waals surface area contributed by atoms with Crippen LogP contribution in [-0.2, 0) is 5.66 Å². The molecular formula is C18H15N4O. The van der Waals surface area contributed by atoms with Crippen molar-refractivity contribution in [2.24, 2.45) is 5.73 Å². The second kappa shape index (κ2) is 6.37. The van der Waals surface area contributed by atoms with Gasteiger partial charge in [0.2, 0.25) is 11.7 Å². The molecule has 1 unspecified atom stereocenters. The van der Waals surface area contributed by atoms with E-state index in [1.165, 1.54) is 0 Å². The van der Waals surface area contributed by atoms with E-state index in [1.54, 1.807) is 67.0 Å². The Morgan fingerprint density at radius 2 is 1.78 bits per heavy atom. The Morgan fingerprint density at radius 1 is 1.04 bits per heavy atom. The summed E-state index contributed by atoms with van der Waals surface area (Å²) in [7, 11) is 0. The number of benzene rings is 2. The summed E-state index contributed by atoms with van der Waals surface area (Å²) in [6.07, 6.45) is 3.17.